The predicted octanol–water partition coefficient (Wildman–Crippen LogP) is 3.11. The first kappa shape index (κ1) is 22.6. The number of halogens is 1. The van der Waals surface area contributed by atoms with Crippen molar-refractivity contribution in [2.75, 3.05) is 25.9 Å². The minimum atomic E-state index is -1.08. The van der Waals surface area contributed by atoms with E-state index in [0.29, 0.717) is 24.8 Å². The molecule has 0 bridgehead atoms. The average molecular weight is 455 g/mol. The normalized spacial score (nSPS) is 14.8. The zero-order valence-electron chi connectivity index (χ0n) is 14.9. The van der Waals surface area contributed by atoms with Gasteiger partial charge in [0.05, 0.1) is 13.1 Å². The van der Waals surface area contributed by atoms with E-state index in [1.54, 1.807) is 24.8 Å². The third-order valence-corrected chi connectivity index (χ3v) is 4.62. The fourth-order valence-corrected chi connectivity index (χ4v) is 1.94. The van der Waals surface area contributed by atoms with Gasteiger partial charge < -0.3 is 20.2 Å². The van der Waals surface area contributed by atoms with Gasteiger partial charge in [0.25, 0.3) is 0 Å². The molecule has 0 amide bonds. The number of hydrogen-bond acceptors (Lipinski definition) is 4. The Kier molecular flexibility index (Phi) is 9.61. The van der Waals surface area contributed by atoms with Crippen LogP contribution in [0.3, 0.4) is 0 Å². The highest BCUT2D eigenvalue weighted by molar-refractivity contribution is 14.0. The lowest BCUT2D eigenvalue weighted by Crippen LogP contribution is -2.45. The second kappa shape index (κ2) is 9.78. The van der Waals surface area contributed by atoms with Crippen molar-refractivity contribution in [3.8, 4) is 0 Å². The van der Waals surface area contributed by atoms with Crippen LogP contribution >= 0.6 is 35.7 Å². The van der Waals surface area contributed by atoms with E-state index in [1.165, 1.54) is 0 Å². The van der Waals surface area contributed by atoms with Crippen LogP contribution in [-0.2, 0) is 5.60 Å². The Morgan fingerprint density at radius 2 is 1.96 bits per heavy atom. The molecule has 0 aliphatic rings. The maximum atomic E-state index is 10.5. The van der Waals surface area contributed by atoms with Gasteiger partial charge in [0.1, 0.15) is 17.1 Å². The van der Waals surface area contributed by atoms with Gasteiger partial charge in [-0.05, 0) is 53.0 Å². The monoisotopic (exact) mass is 455 g/mol. The van der Waals surface area contributed by atoms with Gasteiger partial charge in [0.2, 0.25) is 0 Å². The maximum absolute atomic E-state index is 10.5. The van der Waals surface area contributed by atoms with Gasteiger partial charge in [0, 0.05) is 11.3 Å². The van der Waals surface area contributed by atoms with Gasteiger partial charge in [-0.3, -0.25) is 4.99 Å². The van der Waals surface area contributed by atoms with E-state index < -0.39 is 5.60 Å². The zero-order chi connectivity index (χ0) is 16.8. The van der Waals surface area contributed by atoms with E-state index in [0.717, 1.165) is 12.3 Å². The molecule has 1 aromatic heterocycles. The van der Waals surface area contributed by atoms with Gasteiger partial charge in [-0.15, -0.1) is 24.0 Å². The fraction of sp³-hybridized carbons (Fsp3) is 0.688. The molecular formula is C16H30IN3O2S. The number of aryl methyl sites for hydroxylation is 1. The first-order valence-electron chi connectivity index (χ1n) is 7.57. The van der Waals surface area contributed by atoms with Gasteiger partial charge in [-0.2, -0.15) is 11.8 Å². The van der Waals surface area contributed by atoms with Gasteiger partial charge in [-0.25, -0.2) is 0 Å². The summed E-state index contributed by atoms with van der Waals surface area (Å²) in [6, 6.07) is 3.65. The first-order valence-corrected chi connectivity index (χ1v) is 8.79. The first-order chi connectivity index (χ1) is 10.2. The molecule has 0 aliphatic carbocycles. The van der Waals surface area contributed by atoms with Crippen LogP contribution < -0.4 is 10.6 Å². The van der Waals surface area contributed by atoms with Crippen molar-refractivity contribution < 1.29 is 9.52 Å². The van der Waals surface area contributed by atoms with Crippen molar-refractivity contribution in [3.05, 3.63) is 23.7 Å². The van der Waals surface area contributed by atoms with E-state index in [-0.39, 0.29) is 28.7 Å². The molecule has 1 rings (SSSR count). The molecule has 0 radical (unpaired) electrons. The molecule has 1 heterocycles. The molecular weight excluding hydrogens is 425 g/mol. The number of furan rings is 1. The Labute approximate surface area is 161 Å². The maximum Gasteiger partial charge on any atom is 0.191 e. The summed E-state index contributed by atoms with van der Waals surface area (Å²) in [5.41, 5.74) is -1.08. The number of guanidine groups is 1. The molecule has 0 aliphatic heterocycles. The number of rotatable bonds is 7. The Balaban J connectivity index is 0.00000484. The van der Waals surface area contributed by atoms with Crippen LogP contribution in [0, 0.1) is 6.92 Å². The molecule has 1 atom stereocenters. The fourth-order valence-electron chi connectivity index (χ4n) is 1.74. The molecule has 5 nitrogen and oxygen atoms in total. The van der Waals surface area contributed by atoms with Gasteiger partial charge >= 0.3 is 0 Å². The minimum Gasteiger partial charge on any atom is -0.463 e. The van der Waals surface area contributed by atoms with Crippen LogP contribution in [0.4, 0.5) is 0 Å². The van der Waals surface area contributed by atoms with Gasteiger partial charge in [-0.1, -0.05) is 0 Å². The largest absolute Gasteiger partial charge is 0.463 e. The van der Waals surface area contributed by atoms with E-state index in [4.69, 9.17) is 4.42 Å². The standard InChI is InChI=1S/C16H29N3O2S.HI/c1-7-17-14(18-10-15(3,4)22-6)19-11-16(5,20)13-9-8-12(2)21-13;/h8-9,20H,7,10-11H2,1-6H3,(H2,17,18,19);1H. The van der Waals surface area contributed by atoms with Crippen molar-refractivity contribution in [2.24, 2.45) is 4.99 Å². The summed E-state index contributed by atoms with van der Waals surface area (Å²) in [7, 11) is 0. The molecule has 1 aromatic rings. The highest BCUT2D eigenvalue weighted by Gasteiger charge is 2.27. The Bertz CT molecular complexity index is 501. The number of hydrogen-bond donors (Lipinski definition) is 3. The molecule has 0 spiro atoms. The van der Waals surface area contributed by atoms with Crippen molar-refractivity contribution in [1.29, 1.82) is 0 Å². The molecule has 0 saturated carbocycles. The summed E-state index contributed by atoms with van der Waals surface area (Å²) in [5, 5.41) is 16.9. The quantitative estimate of drug-likeness (QED) is 0.335. The summed E-state index contributed by atoms with van der Waals surface area (Å²) < 4.78 is 5.60. The summed E-state index contributed by atoms with van der Waals surface area (Å²) in [5.74, 6) is 2.04. The molecule has 0 saturated heterocycles. The van der Waals surface area contributed by atoms with Crippen LogP contribution in [-0.4, -0.2) is 41.7 Å². The summed E-state index contributed by atoms with van der Waals surface area (Å²) in [4.78, 5) is 4.59. The Hall–Kier alpha value is -0.410. The molecule has 7 heteroatoms. The van der Waals surface area contributed by atoms with Gasteiger partial charge in [0.15, 0.2) is 5.96 Å². The number of nitrogens with zero attached hydrogens (tertiary/aromatic N) is 1. The Morgan fingerprint density at radius 1 is 1.30 bits per heavy atom. The Morgan fingerprint density at radius 3 is 2.43 bits per heavy atom. The second-order valence-electron chi connectivity index (χ2n) is 6.20. The van der Waals surface area contributed by atoms with Crippen LogP contribution in [0.25, 0.3) is 0 Å². The second-order valence-corrected chi connectivity index (χ2v) is 7.71. The van der Waals surface area contributed by atoms with Crippen LogP contribution in [0.1, 0.15) is 39.2 Å². The van der Waals surface area contributed by atoms with Crippen LogP contribution in [0.2, 0.25) is 0 Å². The van der Waals surface area contributed by atoms with E-state index in [1.807, 2.05) is 19.9 Å². The summed E-state index contributed by atoms with van der Waals surface area (Å²) >= 11 is 1.78. The topological polar surface area (TPSA) is 69.8 Å². The van der Waals surface area contributed by atoms with Crippen LogP contribution in [0.15, 0.2) is 21.5 Å². The van der Waals surface area contributed by atoms with E-state index >= 15 is 0 Å². The van der Waals surface area contributed by atoms with Crippen LogP contribution in [0.5, 0.6) is 0 Å². The minimum absolute atomic E-state index is 0. The summed E-state index contributed by atoms with van der Waals surface area (Å²) in [6.07, 6.45) is 2.08. The lowest BCUT2D eigenvalue weighted by molar-refractivity contribution is 0.0378. The third-order valence-electron chi connectivity index (χ3n) is 3.39. The predicted molar refractivity (Wildman–Crippen MR) is 110 cm³/mol. The van der Waals surface area contributed by atoms with Crippen molar-refractivity contribution in [2.45, 2.75) is 45.0 Å². The lowest BCUT2D eigenvalue weighted by Gasteiger charge is -2.24. The highest BCUT2D eigenvalue weighted by atomic mass is 127. The molecule has 23 heavy (non-hydrogen) atoms. The molecule has 1 unspecified atom stereocenters. The van der Waals surface area contributed by atoms with E-state index in [9.17, 15) is 5.11 Å². The molecule has 134 valence electrons. The average Bonchev–Trinajstić information content (AvgIpc) is 2.89. The summed E-state index contributed by atoms with van der Waals surface area (Å²) in [6.45, 7) is 11.7. The number of nitrogens with one attached hydrogen (secondary N) is 2. The SMILES string of the molecule is CCNC(=NCC(C)(C)SC)NCC(C)(O)c1ccc(C)o1.I. The number of aliphatic hydroxyl groups is 1. The molecule has 0 fully saturated rings. The third kappa shape index (κ3) is 7.80. The van der Waals surface area contributed by atoms with Crippen molar-refractivity contribution in [3.63, 3.8) is 0 Å². The highest BCUT2D eigenvalue weighted by Crippen LogP contribution is 2.22. The van der Waals surface area contributed by atoms with Crippen molar-refractivity contribution in [1.82, 2.24) is 10.6 Å². The number of thioether (sulfide) groups is 1. The molecule has 0 aromatic carbocycles. The van der Waals surface area contributed by atoms with E-state index in [2.05, 4.69) is 35.7 Å². The smallest absolute Gasteiger partial charge is 0.191 e. The zero-order valence-corrected chi connectivity index (χ0v) is 18.0. The lowest BCUT2D eigenvalue weighted by atomic mass is 10.0. The number of aliphatic imine (C=N–C) groups is 1. The van der Waals surface area contributed by atoms with Crippen molar-refractivity contribution >= 4 is 41.7 Å². The molecule has 3 N–H and O–H groups in total.